The first-order valence-corrected chi connectivity index (χ1v) is 7.62. The second-order valence-electron chi connectivity index (χ2n) is 5.10. The molecule has 0 amide bonds. The van der Waals surface area contributed by atoms with Crippen molar-refractivity contribution in [2.75, 3.05) is 6.54 Å². The predicted molar refractivity (Wildman–Crippen MR) is 90.2 cm³/mol. The normalized spacial score (nSPS) is 10.4. The molecule has 0 atom stereocenters. The molecule has 5 heteroatoms. The lowest BCUT2D eigenvalue weighted by atomic mass is 10.2. The van der Waals surface area contributed by atoms with Crippen molar-refractivity contribution in [1.29, 1.82) is 0 Å². The summed E-state index contributed by atoms with van der Waals surface area (Å²) in [5, 5.41) is 11.6. The Bertz CT molecular complexity index is 577. The van der Waals surface area contributed by atoms with Crippen LogP contribution in [0.3, 0.4) is 0 Å². The number of thiocarbonyl (C=S) groups is 1. The Labute approximate surface area is 131 Å². The Morgan fingerprint density at radius 3 is 2.62 bits per heavy atom. The first-order chi connectivity index (χ1) is 10.1. The Kier molecular flexibility index (Phi) is 5.75. The van der Waals surface area contributed by atoms with Crippen molar-refractivity contribution in [3.8, 4) is 0 Å². The molecule has 0 saturated carbocycles. The summed E-state index contributed by atoms with van der Waals surface area (Å²) in [6.07, 6.45) is 0.995. The van der Waals surface area contributed by atoms with E-state index in [1.807, 2.05) is 29.8 Å². The third kappa shape index (κ3) is 5.19. The second-order valence-corrected chi connectivity index (χ2v) is 5.51. The lowest BCUT2D eigenvalue weighted by molar-refractivity contribution is 0.556. The highest BCUT2D eigenvalue weighted by molar-refractivity contribution is 7.80. The largest absolute Gasteiger partial charge is 0.363 e. The number of benzene rings is 1. The van der Waals surface area contributed by atoms with Crippen LogP contribution in [-0.4, -0.2) is 21.4 Å². The number of hydrogen-bond acceptors (Lipinski definition) is 2. The molecular weight excluding hydrogens is 280 g/mol. The van der Waals surface area contributed by atoms with Gasteiger partial charge >= 0.3 is 0 Å². The van der Waals surface area contributed by atoms with E-state index in [2.05, 4.69) is 40.9 Å². The van der Waals surface area contributed by atoms with E-state index in [0.29, 0.717) is 5.11 Å². The lowest BCUT2D eigenvalue weighted by Crippen LogP contribution is -2.35. The minimum Gasteiger partial charge on any atom is -0.363 e. The van der Waals surface area contributed by atoms with Crippen LogP contribution in [0.25, 0.3) is 0 Å². The van der Waals surface area contributed by atoms with Gasteiger partial charge in [0.25, 0.3) is 0 Å². The van der Waals surface area contributed by atoms with Crippen molar-refractivity contribution < 1.29 is 0 Å². The first-order valence-electron chi connectivity index (χ1n) is 7.22. The van der Waals surface area contributed by atoms with E-state index >= 15 is 0 Å². The van der Waals surface area contributed by atoms with Crippen LogP contribution < -0.4 is 10.6 Å². The van der Waals surface area contributed by atoms with E-state index in [1.54, 1.807) is 0 Å². The summed E-state index contributed by atoms with van der Waals surface area (Å²) in [5.74, 6) is 0. The molecule has 0 aliphatic heterocycles. The molecule has 1 heterocycles. The van der Waals surface area contributed by atoms with E-state index in [1.165, 1.54) is 11.3 Å². The van der Waals surface area contributed by atoms with Crippen molar-refractivity contribution in [1.82, 2.24) is 20.4 Å². The fraction of sp³-hybridized carbons (Fsp3) is 0.375. The molecule has 0 radical (unpaired) electrons. The monoisotopic (exact) mass is 302 g/mol. The molecule has 0 fully saturated rings. The van der Waals surface area contributed by atoms with E-state index in [9.17, 15) is 0 Å². The topological polar surface area (TPSA) is 41.9 Å². The number of hydrogen-bond donors (Lipinski definition) is 2. The van der Waals surface area contributed by atoms with Crippen LogP contribution >= 0.6 is 12.2 Å². The SMILES string of the molecule is Cc1cc(C)n(CCCNC(=S)NCc2ccccc2)n1. The molecule has 2 aromatic rings. The number of rotatable bonds is 6. The number of aryl methyl sites for hydroxylation is 3. The average molecular weight is 302 g/mol. The van der Waals surface area contributed by atoms with E-state index < -0.39 is 0 Å². The van der Waals surface area contributed by atoms with Crippen molar-refractivity contribution in [2.24, 2.45) is 0 Å². The standard InChI is InChI=1S/C16H22N4S/c1-13-11-14(2)20(19-13)10-6-9-17-16(21)18-12-15-7-4-3-5-8-15/h3-5,7-8,11H,6,9-10,12H2,1-2H3,(H2,17,18,21). The Morgan fingerprint density at radius 2 is 1.95 bits per heavy atom. The maximum Gasteiger partial charge on any atom is 0.166 e. The maximum absolute atomic E-state index is 5.27. The zero-order valence-corrected chi connectivity index (χ0v) is 13.4. The van der Waals surface area contributed by atoms with E-state index in [0.717, 1.165) is 31.7 Å². The zero-order chi connectivity index (χ0) is 15.1. The van der Waals surface area contributed by atoms with Gasteiger partial charge in [0.05, 0.1) is 5.69 Å². The molecule has 0 saturated heterocycles. The summed E-state index contributed by atoms with van der Waals surface area (Å²) < 4.78 is 2.04. The summed E-state index contributed by atoms with van der Waals surface area (Å²) >= 11 is 5.27. The van der Waals surface area contributed by atoms with Gasteiger partial charge in [-0.25, -0.2) is 0 Å². The summed E-state index contributed by atoms with van der Waals surface area (Å²) in [6.45, 7) is 6.61. The van der Waals surface area contributed by atoms with Gasteiger partial charge in [-0.1, -0.05) is 30.3 Å². The van der Waals surface area contributed by atoms with Gasteiger partial charge in [0, 0.05) is 25.3 Å². The fourth-order valence-corrected chi connectivity index (χ4v) is 2.35. The van der Waals surface area contributed by atoms with Crippen LogP contribution in [0.5, 0.6) is 0 Å². The number of aromatic nitrogens is 2. The molecule has 2 rings (SSSR count). The number of nitrogens with zero attached hydrogens (tertiary/aromatic N) is 2. The Hall–Kier alpha value is -1.88. The molecule has 4 nitrogen and oxygen atoms in total. The van der Waals surface area contributed by atoms with Gasteiger partial charge in [0.15, 0.2) is 5.11 Å². The predicted octanol–water partition coefficient (Wildman–Crippen LogP) is 2.55. The highest BCUT2D eigenvalue weighted by atomic mass is 32.1. The van der Waals surface area contributed by atoms with Crippen LogP contribution in [-0.2, 0) is 13.1 Å². The Balaban J connectivity index is 1.62. The molecule has 0 spiro atoms. The fourth-order valence-electron chi connectivity index (χ4n) is 2.17. The molecule has 112 valence electrons. The quantitative estimate of drug-likeness (QED) is 0.636. The molecule has 21 heavy (non-hydrogen) atoms. The van der Waals surface area contributed by atoms with Gasteiger partial charge < -0.3 is 10.6 Å². The summed E-state index contributed by atoms with van der Waals surface area (Å²) in [6, 6.07) is 12.3. The van der Waals surface area contributed by atoms with Crippen molar-refractivity contribution >= 4 is 17.3 Å². The van der Waals surface area contributed by atoms with Crippen LogP contribution in [0, 0.1) is 13.8 Å². The summed E-state index contributed by atoms with van der Waals surface area (Å²) in [4.78, 5) is 0. The summed E-state index contributed by atoms with van der Waals surface area (Å²) in [7, 11) is 0. The van der Waals surface area contributed by atoms with Gasteiger partial charge in [-0.3, -0.25) is 4.68 Å². The highest BCUT2D eigenvalue weighted by Gasteiger charge is 2.00. The number of nitrogens with one attached hydrogen (secondary N) is 2. The van der Waals surface area contributed by atoms with Crippen molar-refractivity contribution in [3.05, 3.63) is 53.3 Å². The molecule has 0 aliphatic rings. The lowest BCUT2D eigenvalue weighted by Gasteiger charge is -2.11. The minimum atomic E-state index is 0.701. The van der Waals surface area contributed by atoms with E-state index in [-0.39, 0.29) is 0 Å². The maximum atomic E-state index is 5.27. The highest BCUT2D eigenvalue weighted by Crippen LogP contribution is 2.02. The molecule has 1 aromatic heterocycles. The molecular formula is C16H22N4S. The van der Waals surface area contributed by atoms with Gasteiger partial charge in [-0.15, -0.1) is 0 Å². The van der Waals surface area contributed by atoms with Gasteiger partial charge in [0.2, 0.25) is 0 Å². The summed E-state index contributed by atoms with van der Waals surface area (Å²) in [5.41, 5.74) is 3.50. The van der Waals surface area contributed by atoms with Gasteiger partial charge in [0.1, 0.15) is 0 Å². The molecule has 0 bridgehead atoms. The first kappa shape index (κ1) is 15.5. The second kappa shape index (κ2) is 7.78. The van der Waals surface area contributed by atoms with Crippen LogP contribution in [0.15, 0.2) is 36.4 Å². The molecule has 0 aliphatic carbocycles. The average Bonchev–Trinajstić information content (AvgIpc) is 2.80. The molecule has 0 unspecified atom stereocenters. The van der Waals surface area contributed by atoms with E-state index in [4.69, 9.17) is 12.2 Å². The van der Waals surface area contributed by atoms with Crippen LogP contribution in [0.4, 0.5) is 0 Å². The zero-order valence-electron chi connectivity index (χ0n) is 12.6. The Morgan fingerprint density at radius 1 is 1.19 bits per heavy atom. The van der Waals surface area contributed by atoms with Gasteiger partial charge in [-0.05, 0) is 44.1 Å². The minimum absolute atomic E-state index is 0.701. The third-order valence-corrected chi connectivity index (χ3v) is 3.52. The van der Waals surface area contributed by atoms with Crippen LogP contribution in [0.2, 0.25) is 0 Å². The smallest absolute Gasteiger partial charge is 0.166 e. The molecule has 2 N–H and O–H groups in total. The van der Waals surface area contributed by atoms with Gasteiger partial charge in [-0.2, -0.15) is 5.10 Å². The van der Waals surface area contributed by atoms with Crippen molar-refractivity contribution in [3.63, 3.8) is 0 Å². The van der Waals surface area contributed by atoms with Crippen molar-refractivity contribution in [2.45, 2.75) is 33.4 Å². The van der Waals surface area contributed by atoms with Crippen LogP contribution in [0.1, 0.15) is 23.4 Å². The molecule has 1 aromatic carbocycles. The third-order valence-electron chi connectivity index (χ3n) is 3.23.